The number of carbonyl (C=O) groups is 2. The third-order valence-electron chi connectivity index (χ3n) is 11.2. The van der Waals surface area contributed by atoms with Gasteiger partial charge in [0, 0.05) is 67.1 Å². The molecule has 0 bridgehead atoms. The maximum Gasteiger partial charge on any atom is 0.410 e. The van der Waals surface area contributed by atoms with Gasteiger partial charge in [0.15, 0.2) is 0 Å². The van der Waals surface area contributed by atoms with Crippen LogP contribution in [0.15, 0.2) is 90.5 Å². The van der Waals surface area contributed by atoms with Crippen molar-refractivity contribution in [2.75, 3.05) is 55.7 Å². The van der Waals surface area contributed by atoms with Gasteiger partial charge in [-0.2, -0.15) is 9.67 Å². The Morgan fingerprint density at radius 2 is 1.63 bits per heavy atom. The Morgan fingerprint density at radius 1 is 0.984 bits per heavy atom. The van der Waals surface area contributed by atoms with Crippen molar-refractivity contribution in [2.45, 2.75) is 64.1 Å². The SMILES string of the molecule is CC[C@@H]([C@H](C)O)n1ncn(-c2ccc(N3CCN(c4ccc(OC[C@@H]5CO[C@@](Cn6c[n+](C(C)OC(=O)NCC(=O)O)cn6)(c6ccc(F)cc6F)C5)cc4)CC3)cc2)c1=O.[Cl-]. The van der Waals surface area contributed by atoms with E-state index in [1.165, 1.54) is 43.3 Å². The molecule has 17 nitrogen and oxygen atoms in total. The summed E-state index contributed by atoms with van der Waals surface area (Å²) >= 11 is 0. The lowest BCUT2D eigenvalue weighted by Gasteiger charge is -2.37. The third-order valence-corrected chi connectivity index (χ3v) is 11.2. The number of amides is 1. The van der Waals surface area contributed by atoms with Gasteiger partial charge in [-0.05, 0) is 74.4 Å². The van der Waals surface area contributed by atoms with Crippen LogP contribution in [-0.2, 0) is 26.4 Å². The Morgan fingerprint density at radius 3 is 2.24 bits per heavy atom. The summed E-state index contributed by atoms with van der Waals surface area (Å²) in [6.45, 7) is 8.35. The van der Waals surface area contributed by atoms with E-state index in [1.54, 1.807) is 20.2 Å². The molecule has 332 valence electrons. The third kappa shape index (κ3) is 10.3. The van der Waals surface area contributed by atoms with Crippen molar-refractivity contribution in [3.05, 3.63) is 113 Å². The number of nitrogens with one attached hydrogen (secondary N) is 1. The Balaban J connectivity index is 0.00000641. The normalized spacial score (nSPS) is 19.0. The van der Waals surface area contributed by atoms with Gasteiger partial charge in [-0.25, -0.2) is 27.6 Å². The first-order valence-corrected chi connectivity index (χ1v) is 20.2. The highest BCUT2D eigenvalue weighted by Gasteiger charge is 2.46. The number of carboxylic acids is 1. The minimum atomic E-state index is -1.21. The van der Waals surface area contributed by atoms with Crippen LogP contribution in [0.2, 0.25) is 0 Å². The molecule has 3 aromatic carbocycles. The molecule has 2 aliphatic heterocycles. The monoisotopic (exact) mass is 881 g/mol. The van der Waals surface area contributed by atoms with Crippen molar-refractivity contribution in [1.29, 1.82) is 0 Å². The van der Waals surface area contributed by atoms with E-state index in [0.29, 0.717) is 24.3 Å². The molecule has 0 aliphatic carbocycles. The van der Waals surface area contributed by atoms with Gasteiger partial charge in [0.05, 0.1) is 31.0 Å². The number of piperazine rings is 1. The molecule has 2 aliphatic rings. The summed E-state index contributed by atoms with van der Waals surface area (Å²) in [6, 6.07) is 18.7. The van der Waals surface area contributed by atoms with Crippen LogP contribution < -0.4 is 42.5 Å². The number of aliphatic carboxylic acids is 1. The quantitative estimate of drug-likeness (QED) is 0.119. The van der Waals surface area contributed by atoms with E-state index in [2.05, 4.69) is 25.3 Å². The molecule has 20 heteroatoms. The van der Waals surface area contributed by atoms with Crippen LogP contribution in [0.25, 0.3) is 5.69 Å². The van der Waals surface area contributed by atoms with Crippen molar-refractivity contribution >= 4 is 23.4 Å². The number of ether oxygens (including phenoxy) is 3. The second-order valence-electron chi connectivity index (χ2n) is 15.4. The van der Waals surface area contributed by atoms with Gasteiger partial charge in [-0.3, -0.25) is 4.79 Å². The van der Waals surface area contributed by atoms with Crippen molar-refractivity contribution in [1.82, 2.24) is 29.4 Å². The van der Waals surface area contributed by atoms with Crippen LogP contribution in [0.5, 0.6) is 5.75 Å². The molecule has 0 spiro atoms. The van der Waals surface area contributed by atoms with Gasteiger partial charge in [0.2, 0.25) is 12.6 Å². The van der Waals surface area contributed by atoms with E-state index in [1.807, 2.05) is 55.5 Å². The largest absolute Gasteiger partial charge is 1.00 e. The number of hydrogen-bond donors (Lipinski definition) is 3. The average Bonchev–Trinajstić information content (AvgIpc) is 3.99. The van der Waals surface area contributed by atoms with E-state index in [4.69, 9.17) is 19.3 Å². The number of carboxylic acid groups (broad SMARTS) is 1. The Kier molecular flexibility index (Phi) is 14.5. The summed E-state index contributed by atoms with van der Waals surface area (Å²) in [5.41, 5.74) is 1.50. The lowest BCUT2D eigenvalue weighted by molar-refractivity contribution is -0.753. The highest BCUT2D eigenvalue weighted by molar-refractivity contribution is 5.76. The van der Waals surface area contributed by atoms with Gasteiger partial charge in [0.1, 0.15) is 42.4 Å². The number of aromatic nitrogens is 6. The number of halogens is 3. The number of rotatable bonds is 16. The molecule has 0 saturated carbocycles. The summed E-state index contributed by atoms with van der Waals surface area (Å²) < 4.78 is 52.9. The average molecular weight is 882 g/mol. The Hall–Kier alpha value is -6.05. The van der Waals surface area contributed by atoms with E-state index in [9.17, 15) is 23.9 Å². The van der Waals surface area contributed by atoms with Gasteiger partial charge < -0.3 is 51.9 Å². The molecule has 0 radical (unpaired) electrons. The first kappa shape index (κ1) is 45.5. The maximum absolute atomic E-state index is 15.4. The molecule has 4 heterocycles. The van der Waals surface area contributed by atoms with Gasteiger partial charge >= 0.3 is 17.8 Å². The molecular weight excluding hydrogens is 832 g/mol. The molecule has 3 N–H and O–H groups in total. The number of alkyl carbamates (subject to hydrolysis) is 1. The maximum atomic E-state index is 15.4. The van der Waals surface area contributed by atoms with E-state index < -0.39 is 54.2 Å². The van der Waals surface area contributed by atoms with Gasteiger partial charge in [-0.15, -0.1) is 4.68 Å². The topological polar surface area (TPSA) is 182 Å². The van der Waals surface area contributed by atoms with Crippen molar-refractivity contribution in [3.63, 3.8) is 0 Å². The molecule has 2 aromatic heterocycles. The van der Waals surface area contributed by atoms with Crippen LogP contribution in [-0.4, -0.2) is 98.4 Å². The molecule has 62 heavy (non-hydrogen) atoms. The zero-order chi connectivity index (χ0) is 43.3. The molecule has 1 unspecified atom stereocenters. The smallest absolute Gasteiger partial charge is 0.410 e. The predicted molar refractivity (Wildman–Crippen MR) is 217 cm³/mol. The molecule has 5 atom stereocenters. The summed E-state index contributed by atoms with van der Waals surface area (Å²) in [6.07, 6.45) is 2.92. The lowest BCUT2D eigenvalue weighted by atomic mass is 9.87. The number of hydrogen-bond acceptors (Lipinski definition) is 11. The number of carbonyl (C=O) groups excluding carboxylic acids is 1. The van der Waals surface area contributed by atoms with Gasteiger partial charge in [-0.1, -0.05) is 13.0 Å². The first-order valence-electron chi connectivity index (χ1n) is 20.2. The summed E-state index contributed by atoms with van der Waals surface area (Å²) in [4.78, 5) is 40.4. The number of aliphatic hydroxyl groups excluding tert-OH is 1. The van der Waals surface area contributed by atoms with Crippen LogP contribution >= 0.6 is 0 Å². The number of benzene rings is 3. The Bertz CT molecular complexity index is 2350. The lowest BCUT2D eigenvalue weighted by Crippen LogP contribution is -3.00. The van der Waals surface area contributed by atoms with Crippen LogP contribution in [0, 0.1) is 17.6 Å². The van der Waals surface area contributed by atoms with Crippen LogP contribution in [0.3, 0.4) is 0 Å². The minimum absolute atomic E-state index is 0. The van der Waals surface area contributed by atoms with E-state index >= 15 is 4.39 Å². The molecule has 1 amide bonds. The highest BCUT2D eigenvalue weighted by atomic mass is 35.5. The molecular formula is C42H50ClF2N9O8. The number of aliphatic hydroxyl groups is 1. The van der Waals surface area contributed by atoms with Crippen LogP contribution in [0.1, 0.15) is 51.4 Å². The van der Waals surface area contributed by atoms with Crippen molar-refractivity contribution in [2.24, 2.45) is 5.92 Å². The summed E-state index contributed by atoms with van der Waals surface area (Å²) in [7, 11) is 0. The second kappa shape index (κ2) is 19.8. The number of nitrogens with zero attached hydrogens (tertiary/aromatic N) is 8. The molecule has 2 fully saturated rings. The zero-order valence-electron chi connectivity index (χ0n) is 34.5. The predicted octanol–water partition coefficient (Wildman–Crippen LogP) is 0.799. The fraction of sp³-hybridized carbons (Fsp3) is 0.429. The van der Waals surface area contributed by atoms with E-state index in [0.717, 1.165) is 43.6 Å². The first-order chi connectivity index (χ1) is 29.3. The molecule has 7 rings (SSSR count). The standard InChI is InChI=1S/C42H49F2N9O8.ClH/c1-4-38(28(2)54)53-41(58)52(26-47-53)34-8-6-32(7-9-34)48-15-17-49(18-16-48)33-10-12-35(13-11-33)59-22-30-20-42(60-23-30,36-14-5-31(43)19-37(36)44)24-51-27-50(25-46-51)29(3)61-40(57)45-21-39(55)56;/h5-14,19,25-30,38,54H,4,15-18,20-24H2,1-3H3,(H-,45,55,56,57);1H/t28-,29?,30+,38-,42-;/m0./s1. The highest BCUT2D eigenvalue weighted by Crippen LogP contribution is 2.42. The molecule has 2 saturated heterocycles. The number of anilines is 2. The minimum Gasteiger partial charge on any atom is -1.00 e. The summed E-state index contributed by atoms with van der Waals surface area (Å²) in [5, 5.41) is 29.6. The zero-order valence-corrected chi connectivity index (χ0v) is 35.3. The van der Waals surface area contributed by atoms with Gasteiger partial charge in [0.25, 0.3) is 6.33 Å². The second-order valence-corrected chi connectivity index (χ2v) is 15.4. The van der Waals surface area contributed by atoms with Crippen molar-refractivity contribution in [3.8, 4) is 11.4 Å². The fourth-order valence-corrected chi connectivity index (χ4v) is 7.94. The fourth-order valence-electron chi connectivity index (χ4n) is 7.94. The Labute approximate surface area is 362 Å². The molecule has 5 aromatic rings. The van der Waals surface area contributed by atoms with E-state index in [-0.39, 0.29) is 49.3 Å². The van der Waals surface area contributed by atoms with Crippen molar-refractivity contribution < 1.29 is 59.8 Å². The summed E-state index contributed by atoms with van der Waals surface area (Å²) in [5.74, 6) is -2.15. The van der Waals surface area contributed by atoms with Crippen LogP contribution in [0.4, 0.5) is 25.0 Å².